The lowest BCUT2D eigenvalue weighted by molar-refractivity contribution is -0.384. The summed E-state index contributed by atoms with van der Waals surface area (Å²) < 4.78 is 18.6. The predicted molar refractivity (Wildman–Crippen MR) is 102 cm³/mol. The largest absolute Gasteiger partial charge is 0.494 e. The van der Waals surface area contributed by atoms with Gasteiger partial charge in [0.05, 0.1) is 18.1 Å². The Labute approximate surface area is 157 Å². The van der Waals surface area contributed by atoms with E-state index in [-0.39, 0.29) is 17.1 Å². The van der Waals surface area contributed by atoms with Gasteiger partial charge in [0.15, 0.2) is 11.6 Å². The number of aromatic nitrogens is 1. The Morgan fingerprint density at radius 3 is 2.59 bits per heavy atom. The van der Waals surface area contributed by atoms with Gasteiger partial charge in [0.25, 0.3) is 5.69 Å². The number of hydrogen-bond donors (Lipinski definition) is 1. The molecule has 0 saturated carbocycles. The number of nitro groups is 1. The summed E-state index contributed by atoms with van der Waals surface area (Å²) in [5.41, 5.74) is 0.753. The molecule has 1 saturated heterocycles. The van der Waals surface area contributed by atoms with Crippen molar-refractivity contribution in [2.24, 2.45) is 0 Å². The number of methoxy groups -OCH3 is 1. The van der Waals surface area contributed by atoms with Gasteiger partial charge in [-0.15, -0.1) is 0 Å². The van der Waals surface area contributed by atoms with Crippen LogP contribution in [0.5, 0.6) is 5.75 Å². The Balaban J connectivity index is 1.70. The molecule has 1 aliphatic heterocycles. The average molecular weight is 374 g/mol. The van der Waals surface area contributed by atoms with E-state index >= 15 is 0 Å². The third-order valence-electron chi connectivity index (χ3n) is 4.69. The highest BCUT2D eigenvalue weighted by Gasteiger charge is 2.19. The van der Waals surface area contributed by atoms with E-state index < -0.39 is 10.7 Å². The predicted octanol–water partition coefficient (Wildman–Crippen LogP) is 4.13. The Morgan fingerprint density at radius 1 is 1.26 bits per heavy atom. The number of anilines is 2. The topological polar surface area (TPSA) is 80.5 Å². The zero-order valence-corrected chi connectivity index (χ0v) is 15.3. The molecule has 0 atom stereocenters. The lowest BCUT2D eigenvalue weighted by Crippen LogP contribution is -2.24. The summed E-state index contributed by atoms with van der Waals surface area (Å²) in [6.07, 6.45) is 6.65. The molecule has 7 nitrogen and oxygen atoms in total. The maximum atomic E-state index is 13.7. The first kappa shape index (κ1) is 18.9. The van der Waals surface area contributed by atoms with Crippen LogP contribution in [-0.4, -0.2) is 30.1 Å². The number of nitrogens with one attached hydrogen (secondary N) is 1. The van der Waals surface area contributed by atoms with Gasteiger partial charge in [-0.25, -0.2) is 9.37 Å². The molecule has 0 amide bonds. The van der Waals surface area contributed by atoms with Gasteiger partial charge in [-0.3, -0.25) is 10.1 Å². The SMILES string of the molecule is COc1cc(NCc2ccc(N3CCCCCC3)nc2)c([N+](=O)[O-])cc1F. The minimum absolute atomic E-state index is 0.0438. The molecule has 1 aromatic heterocycles. The molecule has 1 fully saturated rings. The van der Waals surface area contributed by atoms with Crippen LogP contribution in [0.15, 0.2) is 30.5 Å². The molecule has 1 aliphatic rings. The molecule has 8 heteroatoms. The normalized spacial score (nSPS) is 14.5. The van der Waals surface area contributed by atoms with Gasteiger partial charge in [0.1, 0.15) is 11.5 Å². The number of rotatable bonds is 6. The van der Waals surface area contributed by atoms with Gasteiger partial charge in [0.2, 0.25) is 0 Å². The van der Waals surface area contributed by atoms with E-state index in [1.807, 2.05) is 12.1 Å². The summed E-state index contributed by atoms with van der Waals surface area (Å²) >= 11 is 0. The van der Waals surface area contributed by atoms with Crippen LogP contribution in [0.2, 0.25) is 0 Å². The van der Waals surface area contributed by atoms with E-state index in [1.54, 1.807) is 6.20 Å². The Hall–Kier alpha value is -2.90. The molecular formula is C19H23FN4O3. The quantitative estimate of drug-likeness (QED) is 0.605. The molecule has 2 aromatic rings. The maximum Gasteiger partial charge on any atom is 0.295 e. The van der Waals surface area contributed by atoms with Crippen molar-refractivity contribution in [3.63, 3.8) is 0 Å². The van der Waals surface area contributed by atoms with Gasteiger partial charge in [-0.1, -0.05) is 18.9 Å². The first-order chi connectivity index (χ1) is 13.1. The van der Waals surface area contributed by atoms with E-state index in [0.717, 1.165) is 30.5 Å². The number of benzene rings is 1. The van der Waals surface area contributed by atoms with Crippen molar-refractivity contribution in [3.05, 3.63) is 52.0 Å². The number of nitrogens with zero attached hydrogens (tertiary/aromatic N) is 3. The van der Waals surface area contributed by atoms with E-state index in [0.29, 0.717) is 6.54 Å². The third kappa shape index (κ3) is 4.64. The molecule has 0 unspecified atom stereocenters. The first-order valence-electron chi connectivity index (χ1n) is 9.04. The molecule has 144 valence electrons. The Morgan fingerprint density at radius 2 is 2.00 bits per heavy atom. The van der Waals surface area contributed by atoms with Crippen LogP contribution >= 0.6 is 0 Å². The fraction of sp³-hybridized carbons (Fsp3) is 0.421. The summed E-state index contributed by atoms with van der Waals surface area (Å²) in [7, 11) is 1.32. The van der Waals surface area contributed by atoms with Crippen molar-refractivity contribution in [1.82, 2.24) is 4.98 Å². The monoisotopic (exact) mass is 374 g/mol. The molecule has 2 heterocycles. The number of hydrogen-bond acceptors (Lipinski definition) is 6. The second-order valence-corrected chi connectivity index (χ2v) is 6.54. The zero-order chi connectivity index (χ0) is 19.2. The summed E-state index contributed by atoms with van der Waals surface area (Å²) in [6, 6.07) is 6.09. The highest BCUT2D eigenvalue weighted by Crippen LogP contribution is 2.32. The lowest BCUT2D eigenvalue weighted by Gasteiger charge is -2.21. The van der Waals surface area contributed by atoms with Crippen LogP contribution in [0.4, 0.5) is 21.6 Å². The van der Waals surface area contributed by atoms with E-state index in [2.05, 4.69) is 15.2 Å². The average Bonchev–Trinajstić information content (AvgIpc) is 2.96. The highest BCUT2D eigenvalue weighted by molar-refractivity contribution is 5.64. The van der Waals surface area contributed by atoms with Gasteiger partial charge < -0.3 is 15.0 Å². The standard InChI is InChI=1S/C19H23FN4O3/c1-27-18-11-16(17(24(25)26)10-15(18)20)21-12-14-6-7-19(22-13-14)23-8-4-2-3-5-9-23/h6-7,10-11,13,21H,2-5,8-9,12H2,1H3. The van der Waals surface area contributed by atoms with E-state index in [1.165, 1.54) is 38.9 Å². The fourth-order valence-corrected chi connectivity index (χ4v) is 3.20. The number of ether oxygens (including phenoxy) is 1. The van der Waals surface area contributed by atoms with Gasteiger partial charge >= 0.3 is 0 Å². The van der Waals surface area contributed by atoms with Crippen molar-refractivity contribution >= 4 is 17.2 Å². The molecule has 0 bridgehead atoms. The molecule has 3 rings (SSSR count). The molecule has 0 spiro atoms. The first-order valence-corrected chi connectivity index (χ1v) is 9.04. The number of nitro benzene ring substituents is 1. The molecule has 1 N–H and O–H groups in total. The molecule has 27 heavy (non-hydrogen) atoms. The van der Waals surface area contributed by atoms with Crippen molar-refractivity contribution in [3.8, 4) is 5.75 Å². The second kappa shape index (κ2) is 8.66. The van der Waals surface area contributed by atoms with Gasteiger partial charge in [-0.05, 0) is 24.5 Å². The molecule has 1 aromatic carbocycles. The van der Waals surface area contributed by atoms with Gasteiger partial charge in [0, 0.05) is 31.9 Å². The van der Waals surface area contributed by atoms with Crippen LogP contribution in [-0.2, 0) is 6.54 Å². The smallest absolute Gasteiger partial charge is 0.295 e. The van der Waals surface area contributed by atoms with Gasteiger partial charge in [-0.2, -0.15) is 0 Å². The minimum atomic E-state index is -0.766. The lowest BCUT2D eigenvalue weighted by atomic mass is 10.2. The molecule has 0 radical (unpaired) electrons. The van der Waals surface area contributed by atoms with Crippen LogP contribution in [0.1, 0.15) is 31.2 Å². The van der Waals surface area contributed by atoms with Crippen molar-refractivity contribution < 1.29 is 14.1 Å². The summed E-state index contributed by atoms with van der Waals surface area (Å²) in [6.45, 7) is 2.38. The van der Waals surface area contributed by atoms with E-state index in [4.69, 9.17) is 4.74 Å². The van der Waals surface area contributed by atoms with Crippen LogP contribution in [0.25, 0.3) is 0 Å². The summed E-state index contributed by atoms with van der Waals surface area (Å²) in [4.78, 5) is 17.4. The molecular weight excluding hydrogens is 351 g/mol. The Kier molecular flexibility index (Phi) is 6.05. The highest BCUT2D eigenvalue weighted by atomic mass is 19.1. The minimum Gasteiger partial charge on any atom is -0.494 e. The molecule has 0 aliphatic carbocycles. The van der Waals surface area contributed by atoms with Crippen LogP contribution < -0.4 is 15.0 Å². The fourth-order valence-electron chi connectivity index (χ4n) is 3.20. The number of halogens is 1. The second-order valence-electron chi connectivity index (χ2n) is 6.54. The van der Waals surface area contributed by atoms with E-state index in [9.17, 15) is 14.5 Å². The summed E-state index contributed by atoms with van der Waals surface area (Å²) in [5, 5.41) is 14.2. The van der Waals surface area contributed by atoms with Crippen LogP contribution in [0, 0.1) is 15.9 Å². The van der Waals surface area contributed by atoms with Crippen molar-refractivity contribution in [2.45, 2.75) is 32.2 Å². The van der Waals surface area contributed by atoms with Crippen molar-refractivity contribution in [1.29, 1.82) is 0 Å². The maximum absolute atomic E-state index is 13.7. The zero-order valence-electron chi connectivity index (χ0n) is 15.3. The Bertz CT molecular complexity index is 790. The van der Waals surface area contributed by atoms with Crippen LogP contribution in [0.3, 0.4) is 0 Å². The number of pyridine rings is 1. The van der Waals surface area contributed by atoms with Crippen molar-refractivity contribution in [2.75, 3.05) is 30.4 Å². The third-order valence-corrected chi connectivity index (χ3v) is 4.69. The summed E-state index contributed by atoms with van der Waals surface area (Å²) in [5.74, 6) is 0.144.